The Labute approximate surface area is 187 Å². The summed E-state index contributed by atoms with van der Waals surface area (Å²) in [5.74, 6) is -0.546. The summed E-state index contributed by atoms with van der Waals surface area (Å²) in [6.45, 7) is 5.36. The van der Waals surface area contributed by atoms with Gasteiger partial charge in [-0.25, -0.2) is 8.42 Å². The highest BCUT2D eigenvalue weighted by Crippen LogP contribution is 2.24. The summed E-state index contributed by atoms with van der Waals surface area (Å²) in [6.07, 6.45) is 0. The predicted octanol–water partition coefficient (Wildman–Crippen LogP) is 4.14. The molecule has 0 aliphatic carbocycles. The number of hydrogen-bond acceptors (Lipinski definition) is 4. The lowest BCUT2D eigenvalue weighted by Gasteiger charge is -2.24. The Bertz CT molecular complexity index is 1160. The van der Waals surface area contributed by atoms with Gasteiger partial charge in [-0.2, -0.15) is 0 Å². The normalized spacial score (nSPS) is 10.9. The Morgan fingerprint density at radius 1 is 0.935 bits per heavy atom. The highest BCUT2D eigenvalue weighted by atomic mass is 35.5. The third-order valence-electron chi connectivity index (χ3n) is 4.49. The number of halogens is 1. The van der Waals surface area contributed by atoms with Crippen LogP contribution in [-0.2, 0) is 14.8 Å². The summed E-state index contributed by atoms with van der Waals surface area (Å²) in [7, 11) is -3.95. The van der Waals surface area contributed by atoms with Crippen LogP contribution >= 0.6 is 11.6 Å². The van der Waals surface area contributed by atoms with Crippen LogP contribution < -0.4 is 15.2 Å². The first-order chi connectivity index (χ1) is 14.8. The quantitative estimate of drug-likeness (QED) is 0.500. The second kappa shape index (κ2) is 9.68. The number of hydrazine groups is 1. The smallest absolute Gasteiger partial charge is 0.264 e. The maximum atomic E-state index is 13.2. The third-order valence-corrected chi connectivity index (χ3v) is 6.53. The zero-order chi connectivity index (χ0) is 22.4. The molecule has 1 amide bonds. The van der Waals surface area contributed by atoms with E-state index < -0.39 is 22.5 Å². The average Bonchev–Trinajstić information content (AvgIpc) is 2.77. The third kappa shape index (κ3) is 5.65. The van der Waals surface area contributed by atoms with Gasteiger partial charge in [-0.3, -0.25) is 20.0 Å². The lowest BCUT2D eigenvalue weighted by molar-refractivity contribution is -0.120. The molecule has 0 spiro atoms. The fourth-order valence-electron chi connectivity index (χ4n) is 2.78. The van der Waals surface area contributed by atoms with E-state index >= 15 is 0 Å². The van der Waals surface area contributed by atoms with E-state index in [9.17, 15) is 13.2 Å². The summed E-state index contributed by atoms with van der Waals surface area (Å²) in [5, 5.41) is 0.584. The van der Waals surface area contributed by atoms with Gasteiger partial charge in [0, 0.05) is 5.02 Å². The lowest BCUT2D eigenvalue weighted by atomic mass is 10.2. The van der Waals surface area contributed by atoms with Gasteiger partial charge in [0.1, 0.15) is 6.54 Å². The minimum Gasteiger partial charge on any atom is -0.299 e. The van der Waals surface area contributed by atoms with Crippen molar-refractivity contribution in [2.75, 3.05) is 10.8 Å². The maximum Gasteiger partial charge on any atom is 0.264 e. The monoisotopic (exact) mass is 455 g/mol. The molecular formula is C23H22ClN3O3S. The van der Waals surface area contributed by atoms with Crippen LogP contribution in [0.1, 0.15) is 11.1 Å². The molecule has 2 N–H and O–H groups in total. The highest BCUT2D eigenvalue weighted by molar-refractivity contribution is 7.92. The van der Waals surface area contributed by atoms with Crippen LogP contribution in [0.4, 0.5) is 5.69 Å². The molecule has 0 saturated heterocycles. The van der Waals surface area contributed by atoms with E-state index in [1.54, 1.807) is 66.7 Å². The second-order valence-corrected chi connectivity index (χ2v) is 9.12. The number of rotatable bonds is 8. The molecule has 3 rings (SSSR count). The number of benzene rings is 3. The molecular weight excluding hydrogens is 434 g/mol. The van der Waals surface area contributed by atoms with Gasteiger partial charge in [0.2, 0.25) is 0 Å². The first kappa shape index (κ1) is 22.4. The molecule has 160 valence electrons. The maximum absolute atomic E-state index is 13.2. The molecule has 0 unspecified atom stereocenters. The van der Waals surface area contributed by atoms with Crippen molar-refractivity contribution in [2.45, 2.75) is 11.8 Å². The van der Waals surface area contributed by atoms with Gasteiger partial charge in [-0.05, 0) is 48.9 Å². The fraction of sp³-hybridized carbons (Fsp3) is 0.0870. The molecule has 6 nitrogen and oxygen atoms in total. The van der Waals surface area contributed by atoms with E-state index in [0.717, 1.165) is 15.4 Å². The van der Waals surface area contributed by atoms with Gasteiger partial charge in [-0.15, -0.1) is 0 Å². The fourth-order valence-corrected chi connectivity index (χ4v) is 4.35. The Morgan fingerprint density at radius 2 is 1.55 bits per heavy atom. The van der Waals surface area contributed by atoms with E-state index in [2.05, 4.69) is 17.4 Å². The number of aryl methyl sites for hydroxylation is 1. The number of nitrogens with zero attached hydrogens (tertiary/aromatic N) is 1. The van der Waals surface area contributed by atoms with Gasteiger partial charge < -0.3 is 0 Å². The Hall–Kier alpha value is -3.29. The van der Waals surface area contributed by atoms with Crippen LogP contribution in [0.3, 0.4) is 0 Å². The topological polar surface area (TPSA) is 78.5 Å². The van der Waals surface area contributed by atoms with Crippen LogP contribution in [0.25, 0.3) is 5.70 Å². The number of carbonyl (C=O) groups is 1. The van der Waals surface area contributed by atoms with E-state index in [4.69, 9.17) is 11.6 Å². The van der Waals surface area contributed by atoms with Crippen molar-refractivity contribution < 1.29 is 13.2 Å². The molecule has 3 aromatic rings. The van der Waals surface area contributed by atoms with Crippen LogP contribution in [-0.4, -0.2) is 20.9 Å². The van der Waals surface area contributed by atoms with Crippen LogP contribution in [0.2, 0.25) is 5.02 Å². The van der Waals surface area contributed by atoms with Crippen molar-refractivity contribution in [1.29, 1.82) is 0 Å². The number of sulfonamides is 1. The minimum atomic E-state index is -3.95. The zero-order valence-corrected chi connectivity index (χ0v) is 18.5. The van der Waals surface area contributed by atoms with Crippen molar-refractivity contribution in [3.05, 3.63) is 102 Å². The summed E-state index contributed by atoms with van der Waals surface area (Å²) >= 11 is 5.88. The van der Waals surface area contributed by atoms with E-state index in [0.29, 0.717) is 16.4 Å². The molecule has 0 aliphatic heterocycles. The molecule has 0 bridgehead atoms. The second-order valence-electron chi connectivity index (χ2n) is 6.82. The first-order valence-corrected chi connectivity index (χ1v) is 11.2. The molecule has 0 heterocycles. The standard InChI is InChI=1S/C23H22ClN3O3S/c1-17-8-14-21(15-9-17)27(31(29,30)22-6-4-3-5-7-22)16-23(28)26-25-18(2)19-10-12-20(24)13-11-19/h3-15,25H,2,16H2,1H3,(H,26,28). The largest absolute Gasteiger partial charge is 0.299 e. The first-order valence-electron chi connectivity index (χ1n) is 9.41. The molecule has 0 fully saturated rings. The molecule has 3 aromatic carbocycles. The van der Waals surface area contributed by atoms with Crippen molar-refractivity contribution >= 4 is 38.9 Å². The number of anilines is 1. The van der Waals surface area contributed by atoms with Gasteiger partial charge in [0.25, 0.3) is 15.9 Å². The molecule has 0 atom stereocenters. The molecule has 0 aliphatic rings. The van der Waals surface area contributed by atoms with Crippen molar-refractivity contribution in [2.24, 2.45) is 0 Å². The van der Waals surface area contributed by atoms with Crippen molar-refractivity contribution in [3.8, 4) is 0 Å². The number of hydrogen-bond donors (Lipinski definition) is 2. The molecule has 0 radical (unpaired) electrons. The zero-order valence-electron chi connectivity index (χ0n) is 16.9. The SMILES string of the molecule is C=C(NNC(=O)CN(c1ccc(C)cc1)S(=O)(=O)c1ccccc1)c1ccc(Cl)cc1. The Morgan fingerprint density at radius 3 is 2.16 bits per heavy atom. The molecule has 31 heavy (non-hydrogen) atoms. The van der Waals surface area contributed by atoms with Gasteiger partial charge in [-0.1, -0.05) is 66.2 Å². The highest BCUT2D eigenvalue weighted by Gasteiger charge is 2.27. The summed E-state index contributed by atoms with van der Waals surface area (Å²) < 4.78 is 27.6. The van der Waals surface area contributed by atoms with Crippen molar-refractivity contribution in [1.82, 2.24) is 10.9 Å². The molecule has 0 aromatic heterocycles. The van der Waals surface area contributed by atoms with E-state index in [1.807, 2.05) is 6.92 Å². The number of nitrogens with one attached hydrogen (secondary N) is 2. The molecule has 8 heteroatoms. The van der Waals surface area contributed by atoms with Gasteiger partial charge in [0.15, 0.2) is 0 Å². The number of carbonyl (C=O) groups excluding carboxylic acids is 1. The summed E-state index contributed by atoms with van der Waals surface area (Å²) in [6, 6.07) is 21.8. The summed E-state index contributed by atoms with van der Waals surface area (Å²) in [4.78, 5) is 12.7. The van der Waals surface area contributed by atoms with Crippen LogP contribution in [0, 0.1) is 6.92 Å². The van der Waals surface area contributed by atoms with Crippen LogP contribution in [0.15, 0.2) is 90.3 Å². The Kier molecular flexibility index (Phi) is 6.99. The predicted molar refractivity (Wildman–Crippen MR) is 124 cm³/mol. The lowest BCUT2D eigenvalue weighted by Crippen LogP contribution is -2.45. The van der Waals surface area contributed by atoms with Crippen LogP contribution in [0.5, 0.6) is 0 Å². The van der Waals surface area contributed by atoms with E-state index in [1.165, 1.54) is 12.1 Å². The molecule has 0 saturated carbocycles. The minimum absolute atomic E-state index is 0.0990. The Balaban J connectivity index is 1.78. The summed E-state index contributed by atoms with van der Waals surface area (Å²) in [5.41, 5.74) is 7.76. The van der Waals surface area contributed by atoms with Gasteiger partial charge >= 0.3 is 0 Å². The van der Waals surface area contributed by atoms with Gasteiger partial charge in [0.05, 0.1) is 16.3 Å². The van der Waals surface area contributed by atoms with E-state index in [-0.39, 0.29) is 4.90 Å². The average molecular weight is 456 g/mol. The number of amides is 1. The van der Waals surface area contributed by atoms with Crippen molar-refractivity contribution in [3.63, 3.8) is 0 Å².